The lowest BCUT2D eigenvalue weighted by Gasteiger charge is -2.08. The van der Waals surface area contributed by atoms with Crippen LogP contribution in [0.5, 0.6) is 0 Å². The normalized spacial score (nSPS) is 14.5. The van der Waals surface area contributed by atoms with Gasteiger partial charge in [0.2, 0.25) is 0 Å². The highest BCUT2D eigenvalue weighted by atomic mass is 16.3. The molecule has 0 fully saturated rings. The van der Waals surface area contributed by atoms with Crippen LogP contribution in [-0.2, 0) is 0 Å². The molecule has 0 aliphatic carbocycles. The minimum absolute atomic E-state index is 0.284. The molecule has 86 valence electrons. The summed E-state index contributed by atoms with van der Waals surface area (Å²) in [5.74, 6) is 0.551. The summed E-state index contributed by atoms with van der Waals surface area (Å²) in [6, 6.07) is 0. The largest absolute Gasteiger partial charge is 0.396 e. The Balaban J connectivity index is 4.22. The van der Waals surface area contributed by atoms with Crippen LogP contribution < -0.4 is 0 Å². The van der Waals surface area contributed by atoms with Gasteiger partial charge in [-0.2, -0.15) is 0 Å². The molecule has 1 nitrogen and oxygen atoms in total. The quantitative estimate of drug-likeness (QED) is 0.497. The van der Waals surface area contributed by atoms with E-state index in [0.717, 1.165) is 24.8 Å². The number of hydrogen-bond acceptors (Lipinski definition) is 1. The summed E-state index contributed by atoms with van der Waals surface area (Å²) in [4.78, 5) is 0. The Morgan fingerprint density at radius 1 is 1.47 bits per heavy atom. The van der Waals surface area contributed by atoms with Crippen LogP contribution in [-0.4, -0.2) is 11.7 Å². The molecule has 0 radical (unpaired) electrons. The van der Waals surface area contributed by atoms with Crippen LogP contribution in [0.1, 0.15) is 40.0 Å². The SMILES string of the molecule is C=C(C)/C(=C/CC(C)CCO)C/C=C/C. The van der Waals surface area contributed by atoms with Crippen LogP contribution in [0, 0.1) is 5.92 Å². The number of rotatable bonds is 7. The number of hydrogen-bond donors (Lipinski definition) is 1. The van der Waals surface area contributed by atoms with Crippen molar-refractivity contribution in [2.75, 3.05) is 6.61 Å². The molecule has 0 aromatic carbocycles. The molecule has 0 saturated carbocycles. The van der Waals surface area contributed by atoms with Gasteiger partial charge < -0.3 is 5.11 Å². The predicted molar refractivity (Wildman–Crippen MR) is 67.8 cm³/mol. The average molecular weight is 208 g/mol. The summed E-state index contributed by atoms with van der Waals surface area (Å²) >= 11 is 0. The molecule has 0 bridgehead atoms. The van der Waals surface area contributed by atoms with Crippen molar-refractivity contribution in [1.29, 1.82) is 0 Å². The van der Waals surface area contributed by atoms with Gasteiger partial charge in [-0.25, -0.2) is 0 Å². The lowest BCUT2D eigenvalue weighted by atomic mass is 9.98. The molecule has 0 heterocycles. The Morgan fingerprint density at radius 2 is 2.13 bits per heavy atom. The van der Waals surface area contributed by atoms with Crippen molar-refractivity contribution in [2.24, 2.45) is 5.92 Å². The summed E-state index contributed by atoms with van der Waals surface area (Å²) < 4.78 is 0. The third-order valence-corrected chi connectivity index (χ3v) is 2.51. The van der Waals surface area contributed by atoms with E-state index >= 15 is 0 Å². The summed E-state index contributed by atoms with van der Waals surface area (Å²) in [6.07, 6.45) is 9.34. The predicted octanol–water partition coefficient (Wildman–Crippen LogP) is 3.86. The second kappa shape index (κ2) is 8.49. The van der Waals surface area contributed by atoms with Crippen molar-refractivity contribution < 1.29 is 5.11 Å². The molecule has 1 heteroatoms. The zero-order chi connectivity index (χ0) is 11.7. The van der Waals surface area contributed by atoms with E-state index in [4.69, 9.17) is 5.11 Å². The highest BCUT2D eigenvalue weighted by Crippen LogP contribution is 2.16. The van der Waals surface area contributed by atoms with Gasteiger partial charge in [-0.15, -0.1) is 0 Å². The zero-order valence-electron chi connectivity index (χ0n) is 10.3. The number of aliphatic hydroxyl groups excluding tert-OH is 1. The zero-order valence-corrected chi connectivity index (χ0v) is 10.3. The smallest absolute Gasteiger partial charge is 0.0433 e. The molecule has 0 saturated heterocycles. The Hall–Kier alpha value is -0.820. The fourth-order valence-electron chi connectivity index (χ4n) is 1.36. The van der Waals surface area contributed by atoms with Crippen molar-refractivity contribution in [3.8, 4) is 0 Å². The lowest BCUT2D eigenvalue weighted by molar-refractivity contribution is 0.263. The van der Waals surface area contributed by atoms with E-state index in [1.54, 1.807) is 0 Å². The fraction of sp³-hybridized carbons (Fsp3) is 0.571. The molecule has 0 spiro atoms. The lowest BCUT2D eigenvalue weighted by Crippen LogP contribution is -1.97. The summed E-state index contributed by atoms with van der Waals surface area (Å²) in [6.45, 7) is 10.5. The van der Waals surface area contributed by atoms with Gasteiger partial charge in [0, 0.05) is 6.61 Å². The van der Waals surface area contributed by atoms with Crippen molar-refractivity contribution >= 4 is 0 Å². The first-order chi connectivity index (χ1) is 7.11. The molecular formula is C14H24O. The van der Waals surface area contributed by atoms with Gasteiger partial charge >= 0.3 is 0 Å². The molecular weight excluding hydrogens is 184 g/mol. The van der Waals surface area contributed by atoms with Crippen LogP contribution in [0.3, 0.4) is 0 Å². The Labute approximate surface area is 94.2 Å². The number of aliphatic hydroxyl groups is 1. The van der Waals surface area contributed by atoms with E-state index in [2.05, 4.69) is 31.7 Å². The monoisotopic (exact) mass is 208 g/mol. The van der Waals surface area contributed by atoms with Gasteiger partial charge in [0.1, 0.15) is 0 Å². The molecule has 0 amide bonds. The molecule has 15 heavy (non-hydrogen) atoms. The summed E-state index contributed by atoms with van der Waals surface area (Å²) in [5, 5.41) is 8.80. The Kier molecular flexibility index (Phi) is 8.02. The van der Waals surface area contributed by atoms with Gasteiger partial charge in [-0.1, -0.05) is 37.3 Å². The summed E-state index contributed by atoms with van der Waals surface area (Å²) in [5.41, 5.74) is 2.46. The van der Waals surface area contributed by atoms with Gasteiger partial charge in [0.15, 0.2) is 0 Å². The van der Waals surface area contributed by atoms with E-state index in [9.17, 15) is 0 Å². The van der Waals surface area contributed by atoms with Crippen molar-refractivity contribution in [3.05, 3.63) is 36.0 Å². The highest BCUT2D eigenvalue weighted by Gasteiger charge is 2.01. The first-order valence-electron chi connectivity index (χ1n) is 5.68. The van der Waals surface area contributed by atoms with Crippen molar-refractivity contribution in [3.63, 3.8) is 0 Å². The molecule has 1 atom stereocenters. The molecule has 0 aromatic heterocycles. The first kappa shape index (κ1) is 14.2. The average Bonchev–Trinajstić information content (AvgIpc) is 2.17. The third kappa shape index (κ3) is 7.15. The Morgan fingerprint density at radius 3 is 2.60 bits per heavy atom. The fourth-order valence-corrected chi connectivity index (χ4v) is 1.36. The maximum atomic E-state index is 8.80. The van der Waals surface area contributed by atoms with Gasteiger partial charge in [0.25, 0.3) is 0 Å². The maximum absolute atomic E-state index is 8.80. The van der Waals surface area contributed by atoms with Gasteiger partial charge in [0.05, 0.1) is 0 Å². The second-order valence-corrected chi connectivity index (χ2v) is 4.14. The highest BCUT2D eigenvalue weighted by molar-refractivity contribution is 5.28. The van der Waals surface area contributed by atoms with E-state index in [0.29, 0.717) is 5.92 Å². The molecule has 0 aliphatic rings. The van der Waals surface area contributed by atoms with Crippen LogP contribution in [0.2, 0.25) is 0 Å². The second-order valence-electron chi connectivity index (χ2n) is 4.14. The third-order valence-electron chi connectivity index (χ3n) is 2.51. The van der Waals surface area contributed by atoms with Crippen LogP contribution in [0.4, 0.5) is 0 Å². The summed E-state index contributed by atoms with van der Waals surface area (Å²) in [7, 11) is 0. The molecule has 0 rings (SSSR count). The minimum atomic E-state index is 0.284. The van der Waals surface area contributed by atoms with Gasteiger partial charge in [-0.05, 0) is 44.6 Å². The molecule has 1 N–H and O–H groups in total. The first-order valence-corrected chi connectivity index (χ1v) is 5.68. The topological polar surface area (TPSA) is 20.2 Å². The van der Waals surface area contributed by atoms with E-state index in [1.165, 1.54) is 5.57 Å². The Bertz CT molecular complexity index is 236. The molecule has 0 aromatic rings. The minimum Gasteiger partial charge on any atom is -0.396 e. The van der Waals surface area contributed by atoms with E-state index in [-0.39, 0.29) is 6.61 Å². The van der Waals surface area contributed by atoms with Crippen molar-refractivity contribution in [2.45, 2.75) is 40.0 Å². The van der Waals surface area contributed by atoms with E-state index in [1.807, 2.05) is 13.8 Å². The van der Waals surface area contributed by atoms with Crippen molar-refractivity contribution in [1.82, 2.24) is 0 Å². The van der Waals surface area contributed by atoms with Crippen LogP contribution in [0.25, 0.3) is 0 Å². The maximum Gasteiger partial charge on any atom is 0.0433 e. The molecule has 0 aliphatic heterocycles. The number of allylic oxidation sites excluding steroid dienone is 5. The van der Waals surface area contributed by atoms with Crippen LogP contribution >= 0.6 is 0 Å². The molecule has 1 unspecified atom stereocenters. The van der Waals surface area contributed by atoms with Gasteiger partial charge in [-0.3, -0.25) is 0 Å². The van der Waals surface area contributed by atoms with Crippen LogP contribution in [0.15, 0.2) is 36.0 Å². The van der Waals surface area contributed by atoms with E-state index < -0.39 is 0 Å². The standard InChI is InChI=1S/C14H24O/c1-5-6-7-14(12(2)3)9-8-13(4)10-11-15/h5-6,9,13,15H,2,7-8,10-11H2,1,3-4H3/b6-5+,14-9+.